The summed E-state index contributed by atoms with van der Waals surface area (Å²) in [6.45, 7) is 4.31. The molecule has 1 aromatic heterocycles. The molecule has 1 amide bonds. The number of nitrogens with one attached hydrogen (secondary N) is 2. The van der Waals surface area contributed by atoms with Crippen LogP contribution in [0, 0.1) is 0 Å². The minimum Gasteiger partial charge on any atom is -0.321 e. The minimum absolute atomic E-state index is 0.176. The Balaban J connectivity index is 2.08. The van der Waals surface area contributed by atoms with E-state index in [9.17, 15) is 9.59 Å². The van der Waals surface area contributed by atoms with E-state index in [4.69, 9.17) is 0 Å². The summed E-state index contributed by atoms with van der Waals surface area (Å²) in [5.74, 6) is 0.151. The number of amides is 1. The number of hydrogen-bond acceptors (Lipinski definition) is 3. The van der Waals surface area contributed by atoms with Crippen molar-refractivity contribution in [2.24, 2.45) is 0 Å². The van der Waals surface area contributed by atoms with E-state index < -0.39 is 0 Å². The summed E-state index contributed by atoms with van der Waals surface area (Å²) in [7, 11) is 0. The molecule has 0 aliphatic carbocycles. The Morgan fingerprint density at radius 2 is 1.95 bits per heavy atom. The fourth-order valence-electron chi connectivity index (χ4n) is 1.80. The molecular weight excluding hydrogens is 254 g/mol. The van der Waals surface area contributed by atoms with Crippen LogP contribution in [0.1, 0.15) is 42.2 Å². The summed E-state index contributed by atoms with van der Waals surface area (Å²) in [4.78, 5) is 22.8. The van der Waals surface area contributed by atoms with E-state index in [0.29, 0.717) is 11.6 Å². The second kappa shape index (κ2) is 6.14. The van der Waals surface area contributed by atoms with Gasteiger partial charge in [-0.05, 0) is 36.1 Å². The van der Waals surface area contributed by atoms with Crippen molar-refractivity contribution < 1.29 is 4.79 Å². The van der Waals surface area contributed by atoms with Crippen LogP contribution in [0.5, 0.6) is 0 Å². The van der Waals surface area contributed by atoms with Gasteiger partial charge in [0, 0.05) is 11.8 Å². The number of carbonyl (C=O) groups excluding carboxylic acids is 1. The normalized spacial score (nSPS) is 11.9. The topological polar surface area (TPSA) is 74.8 Å². The van der Waals surface area contributed by atoms with E-state index in [1.165, 1.54) is 17.7 Å². The van der Waals surface area contributed by atoms with Gasteiger partial charge in [0.05, 0.1) is 0 Å². The van der Waals surface area contributed by atoms with E-state index >= 15 is 0 Å². The molecule has 1 aromatic carbocycles. The summed E-state index contributed by atoms with van der Waals surface area (Å²) in [6.07, 6.45) is 1.08. The molecule has 2 N–H and O–H groups in total. The third kappa shape index (κ3) is 3.32. The lowest BCUT2D eigenvalue weighted by molar-refractivity contribution is 0.102. The van der Waals surface area contributed by atoms with Gasteiger partial charge in [0.15, 0.2) is 0 Å². The molecule has 2 rings (SSSR count). The Morgan fingerprint density at radius 3 is 2.50 bits per heavy atom. The standard InChI is InChI=1S/C15H17N3O2/c1-3-10(2)11-4-6-12(7-5-11)16-15(20)13-8-9-14(19)18-17-13/h4-10H,3H2,1-2H3,(H,16,20)(H,18,19). The van der Waals surface area contributed by atoms with Crippen LogP contribution in [-0.4, -0.2) is 16.1 Å². The third-order valence-corrected chi connectivity index (χ3v) is 3.26. The first-order valence-electron chi connectivity index (χ1n) is 6.57. The second-order valence-electron chi connectivity index (χ2n) is 4.69. The summed E-state index contributed by atoms with van der Waals surface area (Å²) in [5.41, 5.74) is 1.79. The van der Waals surface area contributed by atoms with Crippen LogP contribution in [-0.2, 0) is 0 Å². The number of hydrogen-bond donors (Lipinski definition) is 2. The van der Waals surface area contributed by atoms with Crippen LogP contribution in [0.15, 0.2) is 41.2 Å². The Morgan fingerprint density at radius 1 is 1.25 bits per heavy atom. The molecule has 0 saturated carbocycles. The SMILES string of the molecule is CCC(C)c1ccc(NC(=O)c2ccc(=O)[nH]n2)cc1. The van der Waals surface area contributed by atoms with Crippen LogP contribution in [0.25, 0.3) is 0 Å². The lowest BCUT2D eigenvalue weighted by Gasteiger charge is -2.10. The van der Waals surface area contributed by atoms with Gasteiger partial charge in [-0.15, -0.1) is 0 Å². The molecule has 2 aromatic rings. The number of benzene rings is 1. The molecule has 20 heavy (non-hydrogen) atoms. The van der Waals surface area contributed by atoms with Gasteiger partial charge in [0.1, 0.15) is 5.69 Å². The highest BCUT2D eigenvalue weighted by Gasteiger charge is 2.08. The van der Waals surface area contributed by atoms with E-state index in [-0.39, 0.29) is 17.2 Å². The molecule has 0 saturated heterocycles. The smallest absolute Gasteiger partial charge is 0.276 e. The van der Waals surface area contributed by atoms with Crippen molar-refractivity contribution in [1.82, 2.24) is 10.2 Å². The van der Waals surface area contributed by atoms with Crippen molar-refractivity contribution in [2.75, 3.05) is 5.32 Å². The highest BCUT2D eigenvalue weighted by Crippen LogP contribution is 2.20. The highest BCUT2D eigenvalue weighted by atomic mass is 16.2. The van der Waals surface area contributed by atoms with Crippen LogP contribution in [0.3, 0.4) is 0 Å². The fourth-order valence-corrected chi connectivity index (χ4v) is 1.80. The molecule has 5 heteroatoms. The Kier molecular flexibility index (Phi) is 4.30. The Bertz CT molecular complexity index is 626. The average molecular weight is 271 g/mol. The monoisotopic (exact) mass is 271 g/mol. The number of carbonyl (C=O) groups is 1. The molecule has 0 aliphatic rings. The Hall–Kier alpha value is -2.43. The molecule has 5 nitrogen and oxygen atoms in total. The highest BCUT2D eigenvalue weighted by molar-refractivity contribution is 6.02. The van der Waals surface area contributed by atoms with Gasteiger partial charge in [-0.25, -0.2) is 5.10 Å². The van der Waals surface area contributed by atoms with Crippen molar-refractivity contribution in [1.29, 1.82) is 0 Å². The number of H-pyrrole nitrogens is 1. The van der Waals surface area contributed by atoms with Crippen molar-refractivity contribution in [2.45, 2.75) is 26.2 Å². The van der Waals surface area contributed by atoms with Crippen molar-refractivity contribution in [3.63, 3.8) is 0 Å². The molecule has 104 valence electrons. The third-order valence-electron chi connectivity index (χ3n) is 3.26. The molecular formula is C15H17N3O2. The van der Waals surface area contributed by atoms with Gasteiger partial charge in [-0.1, -0.05) is 26.0 Å². The summed E-state index contributed by atoms with van der Waals surface area (Å²) in [6, 6.07) is 10.4. The molecule has 1 unspecified atom stereocenters. The maximum atomic E-state index is 11.9. The first-order chi connectivity index (χ1) is 9.60. The molecule has 0 radical (unpaired) electrons. The van der Waals surface area contributed by atoms with Gasteiger partial charge in [-0.3, -0.25) is 9.59 Å². The quantitative estimate of drug-likeness (QED) is 0.897. The number of aromatic nitrogens is 2. The number of anilines is 1. The summed E-state index contributed by atoms with van der Waals surface area (Å²) in [5, 5.41) is 8.65. The van der Waals surface area contributed by atoms with Crippen LogP contribution in [0.4, 0.5) is 5.69 Å². The number of aromatic amines is 1. The van der Waals surface area contributed by atoms with E-state index in [2.05, 4.69) is 29.4 Å². The minimum atomic E-state index is -0.350. The lowest BCUT2D eigenvalue weighted by atomic mass is 9.99. The molecule has 0 bridgehead atoms. The van der Waals surface area contributed by atoms with Gasteiger partial charge >= 0.3 is 0 Å². The van der Waals surface area contributed by atoms with E-state index in [1.54, 1.807) is 0 Å². The van der Waals surface area contributed by atoms with E-state index in [0.717, 1.165) is 6.42 Å². The summed E-state index contributed by atoms with van der Waals surface area (Å²) >= 11 is 0. The number of rotatable bonds is 4. The molecule has 0 spiro atoms. The van der Waals surface area contributed by atoms with Crippen LogP contribution >= 0.6 is 0 Å². The first-order valence-corrected chi connectivity index (χ1v) is 6.57. The van der Waals surface area contributed by atoms with Crippen molar-refractivity contribution >= 4 is 11.6 Å². The predicted octanol–water partition coefficient (Wildman–Crippen LogP) is 2.54. The molecule has 0 aliphatic heterocycles. The van der Waals surface area contributed by atoms with E-state index in [1.807, 2.05) is 24.3 Å². The molecule has 0 fully saturated rings. The van der Waals surface area contributed by atoms with Crippen LogP contribution < -0.4 is 10.9 Å². The first kappa shape index (κ1) is 14.0. The average Bonchev–Trinajstić information content (AvgIpc) is 2.48. The number of nitrogens with zero attached hydrogens (tertiary/aromatic N) is 1. The summed E-state index contributed by atoms with van der Waals surface area (Å²) < 4.78 is 0. The zero-order valence-electron chi connectivity index (χ0n) is 11.5. The molecule has 1 atom stereocenters. The maximum absolute atomic E-state index is 11.9. The van der Waals surface area contributed by atoms with Crippen LogP contribution in [0.2, 0.25) is 0 Å². The van der Waals surface area contributed by atoms with Crippen molar-refractivity contribution in [3.8, 4) is 0 Å². The second-order valence-corrected chi connectivity index (χ2v) is 4.69. The largest absolute Gasteiger partial charge is 0.321 e. The zero-order chi connectivity index (χ0) is 14.5. The fraction of sp³-hybridized carbons (Fsp3) is 0.267. The van der Waals surface area contributed by atoms with Crippen molar-refractivity contribution in [3.05, 3.63) is 58.0 Å². The maximum Gasteiger partial charge on any atom is 0.276 e. The lowest BCUT2D eigenvalue weighted by Crippen LogP contribution is -2.17. The Labute approximate surface area is 117 Å². The molecule has 1 heterocycles. The predicted molar refractivity (Wildman–Crippen MR) is 78.0 cm³/mol. The zero-order valence-corrected chi connectivity index (χ0v) is 11.5. The van der Waals surface area contributed by atoms with Gasteiger partial charge in [-0.2, -0.15) is 5.10 Å². The van der Waals surface area contributed by atoms with Gasteiger partial charge in [0.25, 0.3) is 11.5 Å². The van der Waals surface area contributed by atoms with Gasteiger partial charge in [0.2, 0.25) is 0 Å². The van der Waals surface area contributed by atoms with Gasteiger partial charge < -0.3 is 5.32 Å².